The van der Waals surface area contributed by atoms with E-state index in [1.165, 1.54) is 7.11 Å². The van der Waals surface area contributed by atoms with Crippen molar-refractivity contribution in [2.24, 2.45) is 0 Å². The van der Waals surface area contributed by atoms with Crippen LogP contribution in [0.4, 0.5) is 4.39 Å². The van der Waals surface area contributed by atoms with E-state index < -0.39 is 11.4 Å². The van der Waals surface area contributed by atoms with E-state index in [0.29, 0.717) is 6.42 Å². The summed E-state index contributed by atoms with van der Waals surface area (Å²) in [7, 11) is 1.36. The predicted octanol–water partition coefficient (Wildman–Crippen LogP) is 0.480. The molecule has 0 amide bonds. The molecule has 0 saturated carbocycles. The van der Waals surface area contributed by atoms with Crippen molar-refractivity contribution >= 4 is 0 Å². The molecule has 0 aliphatic rings. The van der Waals surface area contributed by atoms with Crippen LogP contribution in [0.5, 0.6) is 6.01 Å². The predicted molar refractivity (Wildman–Crippen MR) is 40.7 cm³/mol. The van der Waals surface area contributed by atoms with Crippen LogP contribution < -0.4 is 10.3 Å². The van der Waals surface area contributed by atoms with E-state index in [1.54, 1.807) is 6.92 Å². The number of aromatic amines is 1. The summed E-state index contributed by atoms with van der Waals surface area (Å²) in [5.41, 5.74) is -0.672. The van der Waals surface area contributed by atoms with Crippen LogP contribution in [0, 0.1) is 5.82 Å². The van der Waals surface area contributed by atoms with Crippen molar-refractivity contribution in [2.45, 2.75) is 13.3 Å². The first kappa shape index (κ1) is 8.70. The van der Waals surface area contributed by atoms with Gasteiger partial charge in [-0.05, 0) is 6.42 Å². The van der Waals surface area contributed by atoms with Crippen LogP contribution in [0.3, 0.4) is 0 Å². The van der Waals surface area contributed by atoms with Crippen molar-refractivity contribution in [3.8, 4) is 6.01 Å². The van der Waals surface area contributed by atoms with Gasteiger partial charge in [0.05, 0.1) is 12.8 Å². The lowest BCUT2D eigenvalue weighted by atomic mass is 10.3. The molecule has 1 aromatic heterocycles. The first-order valence-corrected chi connectivity index (χ1v) is 3.51. The van der Waals surface area contributed by atoms with Crippen LogP contribution in [0.2, 0.25) is 0 Å². The van der Waals surface area contributed by atoms with Gasteiger partial charge in [-0.3, -0.25) is 9.78 Å². The first-order valence-electron chi connectivity index (χ1n) is 3.51. The molecule has 1 N–H and O–H groups in total. The summed E-state index contributed by atoms with van der Waals surface area (Å²) in [4.78, 5) is 16.7. The van der Waals surface area contributed by atoms with Gasteiger partial charge in [-0.15, -0.1) is 0 Å². The number of aromatic nitrogens is 2. The summed E-state index contributed by atoms with van der Waals surface area (Å²) in [6.07, 6.45) is 0.367. The molecule has 12 heavy (non-hydrogen) atoms. The molecule has 1 heterocycles. The van der Waals surface area contributed by atoms with E-state index in [9.17, 15) is 9.18 Å². The Hall–Kier alpha value is -1.39. The zero-order valence-corrected chi connectivity index (χ0v) is 6.85. The highest BCUT2D eigenvalue weighted by atomic mass is 19.1. The van der Waals surface area contributed by atoms with Crippen molar-refractivity contribution < 1.29 is 9.13 Å². The third-order valence-electron chi connectivity index (χ3n) is 1.44. The third kappa shape index (κ3) is 1.44. The Morgan fingerprint density at radius 2 is 2.33 bits per heavy atom. The lowest BCUT2D eigenvalue weighted by molar-refractivity contribution is 0.371. The maximum Gasteiger partial charge on any atom is 0.296 e. The number of aryl methyl sites for hydroxylation is 1. The molecular formula is C7H9FN2O2. The highest BCUT2D eigenvalue weighted by molar-refractivity contribution is 5.08. The van der Waals surface area contributed by atoms with Gasteiger partial charge in [0.15, 0.2) is 0 Å². The van der Waals surface area contributed by atoms with Gasteiger partial charge in [0, 0.05) is 0 Å². The van der Waals surface area contributed by atoms with Crippen molar-refractivity contribution in [2.75, 3.05) is 7.11 Å². The minimum Gasteiger partial charge on any atom is -0.468 e. The van der Waals surface area contributed by atoms with Crippen LogP contribution in [0.25, 0.3) is 0 Å². The number of nitrogens with zero attached hydrogens (tertiary/aromatic N) is 1. The second kappa shape index (κ2) is 3.34. The number of methoxy groups -OCH3 is 1. The van der Waals surface area contributed by atoms with Gasteiger partial charge in [0.25, 0.3) is 11.6 Å². The average Bonchev–Trinajstić information content (AvgIpc) is 2.09. The molecule has 66 valence electrons. The maximum atomic E-state index is 12.9. The number of H-pyrrole nitrogens is 1. The number of ether oxygens (including phenoxy) is 1. The first-order chi connectivity index (χ1) is 5.69. The Kier molecular flexibility index (Phi) is 2.42. The summed E-state index contributed by atoms with van der Waals surface area (Å²) < 4.78 is 17.5. The van der Waals surface area contributed by atoms with E-state index in [4.69, 9.17) is 0 Å². The van der Waals surface area contributed by atoms with Crippen LogP contribution >= 0.6 is 0 Å². The van der Waals surface area contributed by atoms with Crippen LogP contribution in [0.1, 0.15) is 12.6 Å². The Balaban J connectivity index is 3.29. The Bertz CT molecular complexity index is 335. The van der Waals surface area contributed by atoms with E-state index in [-0.39, 0.29) is 11.7 Å². The van der Waals surface area contributed by atoms with E-state index in [1.807, 2.05) is 0 Å². The minimum absolute atomic E-state index is 0.0400. The van der Waals surface area contributed by atoms with Gasteiger partial charge in [0.1, 0.15) is 0 Å². The molecule has 5 heteroatoms. The number of hydrogen-bond donors (Lipinski definition) is 1. The SMILES string of the molecule is CCc1nc(OC)[nH]c(=O)c1F. The molecule has 0 aliphatic heterocycles. The third-order valence-corrected chi connectivity index (χ3v) is 1.44. The quantitative estimate of drug-likeness (QED) is 0.705. The summed E-state index contributed by atoms with van der Waals surface area (Å²) in [6.45, 7) is 1.71. The molecule has 0 aliphatic carbocycles. The normalized spacial score (nSPS) is 9.92. The summed E-state index contributed by atoms with van der Waals surface area (Å²) in [5.74, 6) is -0.835. The molecule has 0 fully saturated rings. The van der Waals surface area contributed by atoms with Gasteiger partial charge >= 0.3 is 0 Å². The number of hydrogen-bond acceptors (Lipinski definition) is 3. The molecule has 0 saturated heterocycles. The highest BCUT2D eigenvalue weighted by Crippen LogP contribution is 2.03. The van der Waals surface area contributed by atoms with Gasteiger partial charge in [0.2, 0.25) is 5.82 Å². The molecule has 0 aromatic carbocycles. The molecule has 0 bridgehead atoms. The van der Waals surface area contributed by atoms with Gasteiger partial charge in [-0.2, -0.15) is 9.37 Å². The highest BCUT2D eigenvalue weighted by Gasteiger charge is 2.08. The molecule has 0 radical (unpaired) electrons. The lowest BCUT2D eigenvalue weighted by Crippen LogP contribution is -2.16. The van der Waals surface area contributed by atoms with Crippen molar-refractivity contribution in [1.29, 1.82) is 0 Å². The second-order valence-electron chi connectivity index (χ2n) is 2.19. The monoisotopic (exact) mass is 172 g/mol. The fourth-order valence-electron chi connectivity index (χ4n) is 0.814. The summed E-state index contributed by atoms with van der Waals surface area (Å²) in [6, 6.07) is 0.0400. The van der Waals surface area contributed by atoms with Crippen LogP contribution in [0.15, 0.2) is 4.79 Å². The topological polar surface area (TPSA) is 55.0 Å². The molecule has 4 nitrogen and oxygen atoms in total. The van der Waals surface area contributed by atoms with Crippen LogP contribution in [-0.2, 0) is 6.42 Å². The Morgan fingerprint density at radius 3 is 2.83 bits per heavy atom. The van der Waals surface area contributed by atoms with E-state index in [0.717, 1.165) is 0 Å². The average molecular weight is 172 g/mol. The van der Waals surface area contributed by atoms with Gasteiger partial charge < -0.3 is 4.74 Å². The summed E-state index contributed by atoms with van der Waals surface area (Å²) >= 11 is 0. The fraction of sp³-hybridized carbons (Fsp3) is 0.429. The smallest absolute Gasteiger partial charge is 0.296 e. The Labute approximate surface area is 68.4 Å². The standard InChI is InChI=1S/C7H9FN2O2/c1-3-4-5(8)6(11)10-7(9-4)12-2/h3H2,1-2H3,(H,9,10,11). The number of halogens is 1. The molecule has 0 unspecified atom stereocenters. The van der Waals surface area contributed by atoms with Crippen molar-refractivity contribution in [3.63, 3.8) is 0 Å². The van der Waals surface area contributed by atoms with Crippen molar-refractivity contribution in [1.82, 2.24) is 9.97 Å². The van der Waals surface area contributed by atoms with Crippen molar-refractivity contribution in [3.05, 3.63) is 21.9 Å². The largest absolute Gasteiger partial charge is 0.468 e. The van der Waals surface area contributed by atoms with Gasteiger partial charge in [-0.1, -0.05) is 6.92 Å². The number of rotatable bonds is 2. The fourth-order valence-corrected chi connectivity index (χ4v) is 0.814. The van der Waals surface area contributed by atoms with E-state index in [2.05, 4.69) is 14.7 Å². The molecule has 1 aromatic rings. The maximum absolute atomic E-state index is 12.9. The zero-order valence-electron chi connectivity index (χ0n) is 6.85. The lowest BCUT2D eigenvalue weighted by Gasteiger charge is -2.00. The van der Waals surface area contributed by atoms with Crippen LogP contribution in [-0.4, -0.2) is 17.1 Å². The molecule has 1 rings (SSSR count). The second-order valence-corrected chi connectivity index (χ2v) is 2.19. The molecular weight excluding hydrogens is 163 g/mol. The minimum atomic E-state index is -0.835. The van der Waals surface area contributed by atoms with Gasteiger partial charge in [-0.25, -0.2) is 0 Å². The number of nitrogens with one attached hydrogen (secondary N) is 1. The molecule has 0 spiro atoms. The summed E-state index contributed by atoms with van der Waals surface area (Å²) in [5, 5.41) is 0. The van der Waals surface area contributed by atoms with E-state index >= 15 is 0 Å². The zero-order chi connectivity index (χ0) is 9.14. The Morgan fingerprint density at radius 1 is 1.67 bits per heavy atom. The molecule has 0 atom stereocenters.